The molecule has 3 N–H and O–H groups in total. The summed E-state index contributed by atoms with van der Waals surface area (Å²) in [5, 5.41) is 2.87. The van der Waals surface area contributed by atoms with Crippen LogP contribution in [0.5, 0.6) is 0 Å². The number of benzene rings is 1. The largest absolute Gasteiger partial charge is 0.380 e. The van der Waals surface area contributed by atoms with E-state index < -0.39 is 0 Å². The first-order chi connectivity index (χ1) is 11.6. The highest BCUT2D eigenvalue weighted by Crippen LogP contribution is 2.08. The highest BCUT2D eigenvalue weighted by atomic mass is 16.5. The third kappa shape index (κ3) is 5.59. The molecule has 132 valence electrons. The van der Waals surface area contributed by atoms with E-state index in [1.807, 2.05) is 35.2 Å². The summed E-state index contributed by atoms with van der Waals surface area (Å²) in [6, 6.07) is 9.39. The summed E-state index contributed by atoms with van der Waals surface area (Å²) in [6.07, 6.45) is 0.0776. The lowest BCUT2D eigenvalue weighted by Gasteiger charge is -2.34. The fourth-order valence-corrected chi connectivity index (χ4v) is 2.67. The molecular formula is C17H26N4O3. The van der Waals surface area contributed by atoms with Crippen molar-refractivity contribution in [2.24, 2.45) is 5.73 Å². The maximum absolute atomic E-state index is 12.2. The molecule has 24 heavy (non-hydrogen) atoms. The lowest BCUT2D eigenvalue weighted by molar-refractivity contribution is -0.135. The number of carbonyl (C=O) groups is 2. The summed E-state index contributed by atoms with van der Waals surface area (Å²) in [7, 11) is 1.56. The van der Waals surface area contributed by atoms with Gasteiger partial charge in [-0.2, -0.15) is 0 Å². The van der Waals surface area contributed by atoms with Gasteiger partial charge in [0.1, 0.15) is 0 Å². The zero-order valence-electron chi connectivity index (χ0n) is 14.1. The number of nitrogens with one attached hydrogen (secondary N) is 1. The maximum Gasteiger partial charge on any atom is 0.238 e. The number of hydrogen-bond acceptors (Lipinski definition) is 5. The average molecular weight is 334 g/mol. The first kappa shape index (κ1) is 18.4. The SMILES string of the molecule is COC(CN)CC(=O)N1CCN(CC(=O)Nc2ccccc2)CC1. The minimum atomic E-state index is -0.229. The number of amides is 2. The number of carbonyl (C=O) groups excluding carboxylic acids is 2. The molecule has 0 radical (unpaired) electrons. The van der Waals surface area contributed by atoms with Gasteiger partial charge in [0, 0.05) is 45.5 Å². The maximum atomic E-state index is 12.2. The Morgan fingerprint density at radius 1 is 1.21 bits per heavy atom. The minimum Gasteiger partial charge on any atom is -0.380 e. The molecule has 7 heteroatoms. The first-order valence-corrected chi connectivity index (χ1v) is 8.20. The molecule has 1 aromatic rings. The molecule has 1 unspecified atom stereocenters. The van der Waals surface area contributed by atoms with Crippen LogP contribution in [0, 0.1) is 0 Å². The topological polar surface area (TPSA) is 87.9 Å². The molecule has 1 fully saturated rings. The fraction of sp³-hybridized carbons (Fsp3) is 0.529. The molecule has 0 aromatic heterocycles. The van der Waals surface area contributed by atoms with Gasteiger partial charge >= 0.3 is 0 Å². The molecule has 1 heterocycles. The van der Waals surface area contributed by atoms with Crippen molar-refractivity contribution in [3.63, 3.8) is 0 Å². The van der Waals surface area contributed by atoms with Crippen LogP contribution in [-0.2, 0) is 14.3 Å². The summed E-state index contributed by atoms with van der Waals surface area (Å²) in [5.74, 6) is 0.0178. The van der Waals surface area contributed by atoms with E-state index in [0.29, 0.717) is 45.7 Å². The summed E-state index contributed by atoms with van der Waals surface area (Å²) in [6.45, 7) is 3.29. The van der Waals surface area contributed by atoms with Crippen molar-refractivity contribution in [3.8, 4) is 0 Å². The lowest BCUT2D eigenvalue weighted by Crippen LogP contribution is -2.51. The molecule has 0 spiro atoms. The summed E-state index contributed by atoms with van der Waals surface area (Å²) in [5.41, 5.74) is 6.35. The number of anilines is 1. The highest BCUT2D eigenvalue weighted by Gasteiger charge is 2.24. The van der Waals surface area contributed by atoms with Crippen LogP contribution in [0.4, 0.5) is 5.69 Å². The third-order valence-electron chi connectivity index (χ3n) is 4.15. The Labute approximate surface area is 142 Å². The summed E-state index contributed by atoms with van der Waals surface area (Å²) in [4.78, 5) is 28.1. The van der Waals surface area contributed by atoms with Crippen LogP contribution in [0.2, 0.25) is 0 Å². The molecule has 0 aliphatic carbocycles. The molecule has 1 aromatic carbocycles. The lowest BCUT2D eigenvalue weighted by atomic mass is 10.2. The van der Waals surface area contributed by atoms with E-state index >= 15 is 0 Å². The highest BCUT2D eigenvalue weighted by molar-refractivity contribution is 5.92. The molecule has 0 bridgehead atoms. The normalized spacial score (nSPS) is 16.7. The predicted octanol–water partition coefficient (Wildman–Crippen LogP) is 0.133. The quantitative estimate of drug-likeness (QED) is 0.740. The number of ether oxygens (including phenoxy) is 1. The van der Waals surface area contributed by atoms with Gasteiger partial charge in [-0.3, -0.25) is 14.5 Å². The Balaban J connectivity index is 1.72. The van der Waals surface area contributed by atoms with Gasteiger partial charge in [0.05, 0.1) is 19.1 Å². The third-order valence-corrected chi connectivity index (χ3v) is 4.15. The Morgan fingerprint density at radius 3 is 2.46 bits per heavy atom. The first-order valence-electron chi connectivity index (χ1n) is 8.20. The number of rotatable bonds is 7. The fourth-order valence-electron chi connectivity index (χ4n) is 2.67. The van der Waals surface area contributed by atoms with Crippen molar-refractivity contribution in [2.45, 2.75) is 12.5 Å². The van der Waals surface area contributed by atoms with Crippen molar-refractivity contribution in [1.29, 1.82) is 0 Å². The predicted molar refractivity (Wildman–Crippen MR) is 92.6 cm³/mol. The van der Waals surface area contributed by atoms with E-state index in [-0.39, 0.29) is 17.9 Å². The Kier molecular flexibility index (Phi) is 7.17. The van der Waals surface area contributed by atoms with Gasteiger partial charge in [-0.15, -0.1) is 0 Å². The van der Waals surface area contributed by atoms with Crippen molar-refractivity contribution in [3.05, 3.63) is 30.3 Å². The van der Waals surface area contributed by atoms with Crippen molar-refractivity contribution < 1.29 is 14.3 Å². The van der Waals surface area contributed by atoms with Gasteiger partial charge < -0.3 is 20.7 Å². The van der Waals surface area contributed by atoms with E-state index in [9.17, 15) is 9.59 Å². The molecule has 0 saturated carbocycles. The second kappa shape index (κ2) is 9.36. The number of nitrogens with zero attached hydrogens (tertiary/aromatic N) is 2. The van der Waals surface area contributed by atoms with Crippen LogP contribution in [-0.4, -0.2) is 74.1 Å². The van der Waals surface area contributed by atoms with Crippen molar-refractivity contribution >= 4 is 17.5 Å². The summed E-state index contributed by atoms with van der Waals surface area (Å²) < 4.78 is 5.16. The van der Waals surface area contributed by atoms with Gasteiger partial charge in [-0.1, -0.05) is 18.2 Å². The second-order valence-corrected chi connectivity index (χ2v) is 5.87. The van der Waals surface area contributed by atoms with Gasteiger partial charge in [-0.25, -0.2) is 0 Å². The number of piperazine rings is 1. The Morgan fingerprint density at radius 2 is 1.88 bits per heavy atom. The van der Waals surface area contributed by atoms with Crippen molar-refractivity contribution in [1.82, 2.24) is 9.80 Å². The molecule has 2 rings (SSSR count). The van der Waals surface area contributed by atoms with Gasteiger partial charge in [0.25, 0.3) is 0 Å². The number of methoxy groups -OCH3 is 1. The van der Waals surface area contributed by atoms with Crippen LogP contribution in [0.3, 0.4) is 0 Å². The molecule has 1 saturated heterocycles. The van der Waals surface area contributed by atoms with E-state index in [2.05, 4.69) is 10.2 Å². The van der Waals surface area contributed by atoms with Crippen LogP contribution < -0.4 is 11.1 Å². The van der Waals surface area contributed by atoms with Gasteiger partial charge in [-0.05, 0) is 12.1 Å². The van der Waals surface area contributed by atoms with E-state index in [1.54, 1.807) is 7.11 Å². The minimum absolute atomic E-state index is 0.0384. The zero-order chi connectivity index (χ0) is 17.4. The van der Waals surface area contributed by atoms with Crippen LogP contribution in [0.15, 0.2) is 30.3 Å². The smallest absolute Gasteiger partial charge is 0.238 e. The standard InChI is InChI=1S/C17H26N4O3/c1-24-15(12-18)11-17(23)21-9-7-20(8-10-21)13-16(22)19-14-5-3-2-4-6-14/h2-6,15H,7-13,18H2,1H3,(H,19,22). The number of hydrogen-bond donors (Lipinski definition) is 2. The molecular weight excluding hydrogens is 308 g/mol. The van der Waals surface area contributed by atoms with Crippen LogP contribution in [0.25, 0.3) is 0 Å². The van der Waals surface area contributed by atoms with Crippen LogP contribution in [0.1, 0.15) is 6.42 Å². The Bertz CT molecular complexity index is 526. The van der Waals surface area contributed by atoms with E-state index in [0.717, 1.165) is 5.69 Å². The Hall–Kier alpha value is -1.96. The van der Waals surface area contributed by atoms with E-state index in [1.165, 1.54) is 0 Å². The van der Waals surface area contributed by atoms with Gasteiger partial charge in [0.2, 0.25) is 11.8 Å². The van der Waals surface area contributed by atoms with Gasteiger partial charge in [0.15, 0.2) is 0 Å². The molecule has 1 aliphatic heterocycles. The number of nitrogens with two attached hydrogens (primary N) is 1. The molecule has 2 amide bonds. The second-order valence-electron chi connectivity index (χ2n) is 5.87. The monoisotopic (exact) mass is 334 g/mol. The summed E-state index contributed by atoms with van der Waals surface area (Å²) >= 11 is 0. The molecule has 1 aliphatic rings. The molecule has 1 atom stereocenters. The zero-order valence-corrected chi connectivity index (χ0v) is 14.1. The molecule has 7 nitrogen and oxygen atoms in total. The van der Waals surface area contributed by atoms with Crippen LogP contribution >= 0.6 is 0 Å². The number of para-hydroxylation sites is 1. The van der Waals surface area contributed by atoms with Crippen molar-refractivity contribution in [2.75, 3.05) is 51.7 Å². The average Bonchev–Trinajstić information content (AvgIpc) is 2.60. The van der Waals surface area contributed by atoms with E-state index in [4.69, 9.17) is 10.5 Å².